The number of rotatable bonds is 6. The van der Waals surface area contributed by atoms with Crippen molar-refractivity contribution in [2.24, 2.45) is 5.92 Å². The van der Waals surface area contributed by atoms with Gasteiger partial charge < -0.3 is 10.2 Å². The molecule has 3 nitrogen and oxygen atoms in total. The van der Waals surface area contributed by atoms with Gasteiger partial charge in [-0.1, -0.05) is 37.3 Å². The molecule has 1 atom stereocenters. The van der Waals surface area contributed by atoms with Gasteiger partial charge in [0.25, 0.3) is 0 Å². The summed E-state index contributed by atoms with van der Waals surface area (Å²) in [5, 5.41) is 3.13. The van der Waals surface area contributed by atoms with Crippen LogP contribution in [-0.4, -0.2) is 24.7 Å². The molecule has 3 rings (SSSR count). The van der Waals surface area contributed by atoms with Crippen LogP contribution in [0.3, 0.4) is 0 Å². The predicted molar refractivity (Wildman–Crippen MR) is 103 cm³/mol. The van der Waals surface area contributed by atoms with Crippen LogP contribution in [0, 0.1) is 5.92 Å². The number of para-hydroxylation sites is 2. The molecule has 1 heterocycles. The van der Waals surface area contributed by atoms with Gasteiger partial charge in [0.05, 0.1) is 11.4 Å². The lowest BCUT2D eigenvalue weighted by Gasteiger charge is -2.22. The average Bonchev–Trinajstić information content (AvgIpc) is 3.15. The lowest BCUT2D eigenvalue weighted by Crippen LogP contribution is -2.25. The van der Waals surface area contributed by atoms with E-state index in [0.717, 1.165) is 30.2 Å². The highest BCUT2D eigenvalue weighted by Crippen LogP contribution is 2.29. The molecule has 126 valence electrons. The van der Waals surface area contributed by atoms with Gasteiger partial charge in [-0.3, -0.25) is 4.79 Å². The molecule has 1 fully saturated rings. The number of thioether (sulfide) groups is 1. The maximum absolute atomic E-state index is 12.6. The smallest absolute Gasteiger partial charge is 0.228 e. The predicted octanol–water partition coefficient (Wildman–Crippen LogP) is 4.65. The van der Waals surface area contributed by atoms with Crippen LogP contribution in [0.2, 0.25) is 0 Å². The summed E-state index contributed by atoms with van der Waals surface area (Å²) in [6.07, 6.45) is 2.46. The second-order valence-electron chi connectivity index (χ2n) is 6.23. The minimum Gasteiger partial charge on any atom is -0.370 e. The van der Waals surface area contributed by atoms with Crippen LogP contribution < -0.4 is 10.2 Å². The van der Waals surface area contributed by atoms with Crippen molar-refractivity contribution < 1.29 is 4.79 Å². The Hall–Kier alpha value is -1.94. The van der Waals surface area contributed by atoms with Crippen molar-refractivity contribution in [3.05, 3.63) is 54.6 Å². The highest BCUT2D eigenvalue weighted by molar-refractivity contribution is 7.99. The Labute approximate surface area is 148 Å². The van der Waals surface area contributed by atoms with Crippen LogP contribution in [0.25, 0.3) is 0 Å². The van der Waals surface area contributed by atoms with E-state index in [0.29, 0.717) is 0 Å². The Morgan fingerprint density at radius 2 is 1.75 bits per heavy atom. The Morgan fingerprint density at radius 3 is 2.50 bits per heavy atom. The topological polar surface area (TPSA) is 32.3 Å². The molecule has 1 aliphatic rings. The Bertz CT molecular complexity index is 668. The maximum Gasteiger partial charge on any atom is 0.228 e. The van der Waals surface area contributed by atoms with Gasteiger partial charge in [0.2, 0.25) is 5.91 Å². The zero-order chi connectivity index (χ0) is 16.8. The summed E-state index contributed by atoms with van der Waals surface area (Å²) in [5.74, 6) is 0.828. The summed E-state index contributed by atoms with van der Waals surface area (Å²) >= 11 is 1.73. The number of hydrogen-bond donors (Lipinski definition) is 1. The molecule has 24 heavy (non-hydrogen) atoms. The standard InChI is InChI=1S/C20H24N2OS/c1-16(15-24-17-9-3-2-4-10-17)20(23)21-18-11-5-6-12-19(18)22-13-7-8-14-22/h2-6,9-12,16H,7-8,13-15H2,1H3,(H,21,23). The summed E-state index contributed by atoms with van der Waals surface area (Å²) in [7, 11) is 0. The number of carbonyl (C=O) groups is 1. The monoisotopic (exact) mass is 340 g/mol. The third-order valence-electron chi connectivity index (χ3n) is 4.30. The SMILES string of the molecule is CC(CSc1ccccc1)C(=O)Nc1ccccc1N1CCCC1. The zero-order valence-electron chi connectivity index (χ0n) is 14.1. The summed E-state index contributed by atoms with van der Waals surface area (Å²) in [5.41, 5.74) is 2.08. The van der Waals surface area contributed by atoms with E-state index < -0.39 is 0 Å². The summed E-state index contributed by atoms with van der Waals surface area (Å²) in [6.45, 7) is 4.14. The lowest BCUT2D eigenvalue weighted by molar-refractivity contribution is -0.118. The van der Waals surface area contributed by atoms with Gasteiger partial charge >= 0.3 is 0 Å². The van der Waals surface area contributed by atoms with Crippen LogP contribution in [0.4, 0.5) is 11.4 Å². The molecule has 1 aliphatic heterocycles. The largest absolute Gasteiger partial charge is 0.370 e. The minimum absolute atomic E-state index is 0.0400. The number of hydrogen-bond acceptors (Lipinski definition) is 3. The van der Waals surface area contributed by atoms with E-state index in [-0.39, 0.29) is 11.8 Å². The molecule has 0 saturated carbocycles. The fourth-order valence-electron chi connectivity index (χ4n) is 2.88. The van der Waals surface area contributed by atoms with Gasteiger partial charge in [-0.2, -0.15) is 0 Å². The number of benzene rings is 2. The van der Waals surface area contributed by atoms with Crippen LogP contribution in [-0.2, 0) is 4.79 Å². The first-order valence-electron chi connectivity index (χ1n) is 8.57. The van der Waals surface area contributed by atoms with E-state index in [1.165, 1.54) is 17.7 Å². The first-order chi connectivity index (χ1) is 11.7. The first-order valence-corrected chi connectivity index (χ1v) is 9.55. The Morgan fingerprint density at radius 1 is 1.08 bits per heavy atom. The van der Waals surface area contributed by atoms with Crippen molar-refractivity contribution in [3.8, 4) is 0 Å². The van der Waals surface area contributed by atoms with E-state index >= 15 is 0 Å². The molecule has 2 aromatic rings. The minimum atomic E-state index is -0.0400. The van der Waals surface area contributed by atoms with Gasteiger partial charge in [-0.05, 0) is 37.1 Å². The van der Waals surface area contributed by atoms with Crippen molar-refractivity contribution in [3.63, 3.8) is 0 Å². The van der Waals surface area contributed by atoms with Gasteiger partial charge in [-0.25, -0.2) is 0 Å². The van der Waals surface area contributed by atoms with E-state index in [9.17, 15) is 4.79 Å². The van der Waals surface area contributed by atoms with Gasteiger partial charge in [-0.15, -0.1) is 11.8 Å². The quantitative estimate of drug-likeness (QED) is 0.777. The Balaban J connectivity index is 1.60. The summed E-state index contributed by atoms with van der Waals surface area (Å²) in [6, 6.07) is 18.4. The van der Waals surface area contributed by atoms with Crippen molar-refractivity contribution >= 4 is 29.0 Å². The Kier molecular flexibility index (Phi) is 5.81. The molecule has 0 spiro atoms. The van der Waals surface area contributed by atoms with E-state index in [2.05, 4.69) is 28.4 Å². The number of carbonyl (C=O) groups excluding carboxylic acids is 1. The van der Waals surface area contributed by atoms with E-state index in [1.54, 1.807) is 11.8 Å². The van der Waals surface area contributed by atoms with Gasteiger partial charge in [0.1, 0.15) is 0 Å². The third kappa shape index (κ3) is 4.32. The molecule has 1 N–H and O–H groups in total. The molecule has 2 aromatic carbocycles. The van der Waals surface area contributed by atoms with Crippen molar-refractivity contribution in [1.82, 2.24) is 0 Å². The normalized spacial score (nSPS) is 15.3. The number of nitrogens with zero attached hydrogens (tertiary/aromatic N) is 1. The van der Waals surface area contributed by atoms with Crippen LogP contribution in [0.5, 0.6) is 0 Å². The zero-order valence-corrected chi connectivity index (χ0v) is 14.9. The van der Waals surface area contributed by atoms with E-state index in [4.69, 9.17) is 0 Å². The molecule has 0 radical (unpaired) electrons. The molecule has 1 unspecified atom stereocenters. The van der Waals surface area contributed by atoms with Crippen LogP contribution >= 0.6 is 11.8 Å². The van der Waals surface area contributed by atoms with E-state index in [1.807, 2.05) is 43.3 Å². The second-order valence-corrected chi connectivity index (χ2v) is 7.32. The summed E-state index contributed by atoms with van der Waals surface area (Å²) in [4.78, 5) is 16.1. The van der Waals surface area contributed by atoms with Gasteiger partial charge in [0, 0.05) is 29.7 Å². The van der Waals surface area contributed by atoms with Crippen molar-refractivity contribution in [1.29, 1.82) is 0 Å². The fraction of sp³-hybridized carbons (Fsp3) is 0.350. The van der Waals surface area contributed by atoms with Crippen LogP contribution in [0.1, 0.15) is 19.8 Å². The molecular formula is C20H24N2OS. The van der Waals surface area contributed by atoms with Crippen molar-refractivity contribution in [2.75, 3.05) is 29.1 Å². The third-order valence-corrected chi connectivity index (χ3v) is 5.57. The molecule has 0 aliphatic carbocycles. The molecule has 0 bridgehead atoms. The molecule has 1 saturated heterocycles. The lowest BCUT2D eigenvalue weighted by atomic mass is 10.2. The maximum atomic E-state index is 12.6. The number of anilines is 2. The summed E-state index contributed by atoms with van der Waals surface area (Å²) < 4.78 is 0. The number of amides is 1. The van der Waals surface area contributed by atoms with Crippen LogP contribution in [0.15, 0.2) is 59.5 Å². The highest BCUT2D eigenvalue weighted by Gasteiger charge is 2.19. The first kappa shape index (κ1) is 16.9. The molecule has 1 amide bonds. The van der Waals surface area contributed by atoms with Crippen molar-refractivity contribution in [2.45, 2.75) is 24.7 Å². The molecule has 4 heteroatoms. The average molecular weight is 340 g/mol. The highest BCUT2D eigenvalue weighted by atomic mass is 32.2. The second kappa shape index (κ2) is 8.25. The molecular weight excluding hydrogens is 316 g/mol. The number of nitrogens with one attached hydrogen (secondary N) is 1. The fourth-order valence-corrected chi connectivity index (χ4v) is 3.83. The van der Waals surface area contributed by atoms with Gasteiger partial charge in [0.15, 0.2) is 0 Å². The molecule has 0 aromatic heterocycles.